The van der Waals surface area contributed by atoms with Crippen LogP contribution < -0.4 is 0 Å². The maximum atomic E-state index is 14.0. The third-order valence-corrected chi connectivity index (χ3v) is 6.07. The van der Waals surface area contributed by atoms with Crippen LogP contribution in [0.1, 0.15) is 24.4 Å². The molecule has 1 aliphatic carbocycles. The highest BCUT2D eigenvalue weighted by Crippen LogP contribution is 2.41. The van der Waals surface area contributed by atoms with E-state index in [1.165, 1.54) is 12.1 Å². The van der Waals surface area contributed by atoms with E-state index in [0.29, 0.717) is 25.4 Å². The number of nitrogens with zero attached hydrogens (tertiary/aromatic N) is 3. The van der Waals surface area contributed by atoms with Crippen LogP contribution in [0.3, 0.4) is 0 Å². The summed E-state index contributed by atoms with van der Waals surface area (Å²) in [5.41, 5.74) is 0.253. The Morgan fingerprint density at radius 1 is 1.27 bits per heavy atom. The molecule has 0 unspecified atom stereocenters. The number of aromatic nitrogens is 2. The molecule has 0 bridgehead atoms. The fraction of sp³-hybridized carbons (Fsp3) is 0.474. The zero-order valence-corrected chi connectivity index (χ0v) is 15.0. The van der Waals surface area contributed by atoms with Gasteiger partial charge in [0.1, 0.15) is 5.82 Å². The maximum absolute atomic E-state index is 14.0. The van der Waals surface area contributed by atoms with Gasteiger partial charge in [-0.05, 0) is 42.9 Å². The Kier molecular flexibility index (Phi) is 4.71. The van der Waals surface area contributed by atoms with Gasteiger partial charge in [-0.15, -0.1) is 0 Å². The van der Waals surface area contributed by atoms with E-state index in [4.69, 9.17) is 11.6 Å². The van der Waals surface area contributed by atoms with Gasteiger partial charge in [0.2, 0.25) is 5.91 Å². The number of carbonyl (C=O) groups excluding carboxylic acids is 1. The molecule has 1 aliphatic heterocycles. The van der Waals surface area contributed by atoms with Gasteiger partial charge in [0.15, 0.2) is 0 Å². The number of benzene rings is 1. The average Bonchev–Trinajstić information content (AvgIpc) is 3.26. The summed E-state index contributed by atoms with van der Waals surface area (Å²) in [5, 5.41) is 15.0. The molecule has 2 aromatic rings. The molecule has 2 fully saturated rings. The summed E-state index contributed by atoms with van der Waals surface area (Å²) in [5.74, 6) is 0.0395. The first-order valence-corrected chi connectivity index (χ1v) is 9.28. The molecule has 0 spiro atoms. The van der Waals surface area contributed by atoms with Crippen LogP contribution in [0.25, 0.3) is 0 Å². The molecule has 2 heterocycles. The topological polar surface area (TPSA) is 58.4 Å². The van der Waals surface area contributed by atoms with Crippen LogP contribution in [-0.4, -0.2) is 44.9 Å². The third kappa shape index (κ3) is 3.23. The van der Waals surface area contributed by atoms with E-state index < -0.39 is 11.9 Å². The lowest BCUT2D eigenvalue weighted by Gasteiger charge is -2.35. The number of aliphatic hydroxyl groups is 1. The van der Waals surface area contributed by atoms with E-state index in [0.717, 1.165) is 6.42 Å². The van der Waals surface area contributed by atoms with Crippen molar-refractivity contribution in [1.29, 1.82) is 0 Å². The Morgan fingerprint density at radius 2 is 2.04 bits per heavy atom. The highest BCUT2D eigenvalue weighted by molar-refractivity contribution is 6.31. The largest absolute Gasteiger partial charge is 0.391 e. The van der Waals surface area contributed by atoms with Gasteiger partial charge in [0, 0.05) is 36.1 Å². The summed E-state index contributed by atoms with van der Waals surface area (Å²) >= 11 is 6.04. The van der Waals surface area contributed by atoms with Crippen LogP contribution in [0, 0.1) is 17.7 Å². The molecule has 1 aromatic heterocycles. The fourth-order valence-corrected chi connectivity index (χ4v) is 4.57. The van der Waals surface area contributed by atoms with Crippen molar-refractivity contribution in [2.45, 2.75) is 31.4 Å². The summed E-state index contributed by atoms with van der Waals surface area (Å²) in [6, 6.07) is 6.25. The maximum Gasteiger partial charge on any atom is 0.227 e. The van der Waals surface area contributed by atoms with Crippen LogP contribution in [0.5, 0.6) is 0 Å². The molecule has 1 aromatic carbocycles. The van der Waals surface area contributed by atoms with Crippen LogP contribution in [0.4, 0.5) is 4.39 Å². The normalized spacial score (nSPS) is 28.2. The molecule has 5 nitrogen and oxygen atoms in total. The van der Waals surface area contributed by atoms with Gasteiger partial charge >= 0.3 is 0 Å². The van der Waals surface area contributed by atoms with Crippen molar-refractivity contribution < 1.29 is 14.3 Å². The van der Waals surface area contributed by atoms with Crippen molar-refractivity contribution in [3.63, 3.8) is 0 Å². The molecule has 4 atom stereocenters. The fourth-order valence-electron chi connectivity index (χ4n) is 4.34. The van der Waals surface area contributed by atoms with Crippen molar-refractivity contribution in [2.75, 3.05) is 13.1 Å². The van der Waals surface area contributed by atoms with E-state index in [2.05, 4.69) is 5.10 Å². The molecule has 1 saturated carbocycles. The van der Waals surface area contributed by atoms with Crippen molar-refractivity contribution >= 4 is 17.5 Å². The molecule has 7 heteroatoms. The Balaban J connectivity index is 1.44. The van der Waals surface area contributed by atoms with Crippen molar-refractivity contribution in [1.82, 2.24) is 14.7 Å². The summed E-state index contributed by atoms with van der Waals surface area (Å²) < 4.78 is 15.8. The first-order valence-electron chi connectivity index (χ1n) is 8.90. The van der Waals surface area contributed by atoms with Gasteiger partial charge in [-0.2, -0.15) is 5.10 Å². The SMILES string of the molecule is O=C(Cc1c(F)cccc1Cl)N1C[C@H]2C[C@@H](n3cccn3)[C@H](O)C[C@H]2C1. The molecule has 138 valence electrons. The number of halogens is 2. The van der Waals surface area contributed by atoms with E-state index in [1.807, 2.05) is 16.9 Å². The number of amides is 1. The van der Waals surface area contributed by atoms with Crippen molar-refractivity contribution in [3.8, 4) is 0 Å². The van der Waals surface area contributed by atoms with Crippen molar-refractivity contribution in [3.05, 3.63) is 53.1 Å². The van der Waals surface area contributed by atoms with E-state index >= 15 is 0 Å². The third-order valence-electron chi connectivity index (χ3n) is 5.72. The van der Waals surface area contributed by atoms with Gasteiger partial charge < -0.3 is 10.0 Å². The Labute approximate surface area is 156 Å². The smallest absolute Gasteiger partial charge is 0.227 e. The van der Waals surface area contributed by atoms with Crippen LogP contribution >= 0.6 is 11.6 Å². The first-order chi connectivity index (χ1) is 12.5. The van der Waals surface area contributed by atoms with Gasteiger partial charge in [0.25, 0.3) is 0 Å². The Morgan fingerprint density at radius 3 is 2.73 bits per heavy atom. The quantitative estimate of drug-likeness (QED) is 0.894. The van der Waals surface area contributed by atoms with E-state index in [9.17, 15) is 14.3 Å². The first kappa shape index (κ1) is 17.5. The predicted molar refractivity (Wildman–Crippen MR) is 95.2 cm³/mol. The molecule has 2 aliphatic rings. The van der Waals surface area contributed by atoms with Crippen molar-refractivity contribution in [2.24, 2.45) is 11.8 Å². The van der Waals surface area contributed by atoms with Gasteiger partial charge in [-0.3, -0.25) is 9.48 Å². The number of hydrogen-bond donors (Lipinski definition) is 1. The number of aliphatic hydroxyl groups excluding tert-OH is 1. The summed E-state index contributed by atoms with van der Waals surface area (Å²) in [6.07, 6.45) is 4.52. The number of likely N-dealkylation sites (tertiary alicyclic amines) is 1. The number of rotatable bonds is 3. The molecule has 1 amide bonds. The lowest BCUT2D eigenvalue weighted by atomic mass is 9.77. The minimum absolute atomic E-state index is 0.0317. The second-order valence-electron chi connectivity index (χ2n) is 7.29. The minimum atomic E-state index is -0.466. The molecule has 1 saturated heterocycles. The zero-order valence-electron chi connectivity index (χ0n) is 14.3. The predicted octanol–water partition coefficient (Wildman–Crippen LogP) is 2.69. The minimum Gasteiger partial charge on any atom is -0.391 e. The van der Waals surface area contributed by atoms with Gasteiger partial charge in [-0.1, -0.05) is 17.7 Å². The van der Waals surface area contributed by atoms with E-state index in [1.54, 1.807) is 17.2 Å². The molecule has 1 N–H and O–H groups in total. The van der Waals surface area contributed by atoms with Gasteiger partial charge in [0.05, 0.1) is 18.6 Å². The lowest BCUT2D eigenvalue weighted by molar-refractivity contribution is -0.129. The summed E-state index contributed by atoms with van der Waals surface area (Å²) in [4.78, 5) is 14.5. The molecule has 4 rings (SSSR count). The molecule has 26 heavy (non-hydrogen) atoms. The number of fused-ring (bicyclic) bond motifs is 1. The molecular formula is C19H21ClFN3O2. The van der Waals surface area contributed by atoms with Crippen LogP contribution in [-0.2, 0) is 11.2 Å². The zero-order chi connectivity index (χ0) is 18.3. The summed E-state index contributed by atoms with van der Waals surface area (Å²) in [7, 11) is 0. The average molecular weight is 378 g/mol. The van der Waals surface area contributed by atoms with Crippen LogP contribution in [0.2, 0.25) is 5.02 Å². The van der Waals surface area contributed by atoms with E-state index in [-0.39, 0.29) is 34.9 Å². The highest BCUT2D eigenvalue weighted by atomic mass is 35.5. The Bertz CT molecular complexity index is 778. The monoisotopic (exact) mass is 377 g/mol. The standard InChI is InChI=1S/C19H21ClFN3O2/c20-15-3-1-4-16(21)14(15)9-19(26)23-10-12-7-17(24-6-2-5-22-24)18(25)8-13(12)11-23/h1-6,12-13,17-18,25H,7-11H2/t12-,13+,17-,18-/m1/s1. The second-order valence-corrected chi connectivity index (χ2v) is 7.70. The Hall–Kier alpha value is -1.92. The highest BCUT2D eigenvalue weighted by Gasteiger charge is 2.43. The lowest BCUT2D eigenvalue weighted by Crippen LogP contribution is -2.36. The molecular weight excluding hydrogens is 357 g/mol. The van der Waals surface area contributed by atoms with Crippen LogP contribution in [0.15, 0.2) is 36.7 Å². The summed E-state index contributed by atoms with van der Waals surface area (Å²) in [6.45, 7) is 1.25. The molecule has 0 radical (unpaired) electrons. The number of carbonyl (C=O) groups is 1. The number of hydrogen-bond acceptors (Lipinski definition) is 3. The second kappa shape index (κ2) is 7.00. The van der Waals surface area contributed by atoms with Gasteiger partial charge in [-0.25, -0.2) is 4.39 Å².